The van der Waals surface area contributed by atoms with Crippen LogP contribution in [0.5, 0.6) is 11.5 Å². The third-order valence-corrected chi connectivity index (χ3v) is 8.43. The van der Waals surface area contributed by atoms with Crippen LogP contribution in [0.3, 0.4) is 0 Å². The van der Waals surface area contributed by atoms with Crippen LogP contribution in [0.25, 0.3) is 6.08 Å². The van der Waals surface area contributed by atoms with Gasteiger partial charge in [0.05, 0.1) is 17.6 Å². The van der Waals surface area contributed by atoms with Gasteiger partial charge in [0, 0.05) is 10.3 Å². The molecule has 0 unspecified atom stereocenters. The summed E-state index contributed by atoms with van der Waals surface area (Å²) in [5.41, 5.74) is 6.27. The molecule has 5 rings (SSSR count). The molecule has 6 nitrogen and oxygen atoms in total. The molecular formula is C27H24N2O4S3. The molecule has 0 saturated carbocycles. The minimum Gasteiger partial charge on any atom is -0.493 e. The van der Waals surface area contributed by atoms with Crippen LogP contribution in [0.15, 0.2) is 58.8 Å². The maximum atomic E-state index is 13.1. The van der Waals surface area contributed by atoms with Crippen molar-refractivity contribution in [2.45, 2.75) is 32.3 Å². The quantitative estimate of drug-likeness (QED) is 0.306. The predicted molar refractivity (Wildman–Crippen MR) is 147 cm³/mol. The number of thiophene rings is 1. The summed E-state index contributed by atoms with van der Waals surface area (Å²) in [4.78, 5) is 27.7. The molecule has 1 aliphatic heterocycles. The van der Waals surface area contributed by atoms with Crippen LogP contribution in [0.2, 0.25) is 0 Å². The number of amides is 2. The summed E-state index contributed by atoms with van der Waals surface area (Å²) in [6, 6.07) is 15.4. The second-order valence-electron chi connectivity index (χ2n) is 8.40. The molecule has 1 aromatic heterocycles. The first-order chi connectivity index (χ1) is 17.5. The third kappa shape index (κ3) is 5.18. The van der Waals surface area contributed by atoms with Gasteiger partial charge in [-0.1, -0.05) is 48.2 Å². The Labute approximate surface area is 223 Å². The molecule has 0 radical (unpaired) electrons. The largest absolute Gasteiger partial charge is 0.493 e. The molecule has 2 amide bonds. The molecule has 1 fully saturated rings. The average Bonchev–Trinajstić information content (AvgIpc) is 3.45. The van der Waals surface area contributed by atoms with E-state index in [2.05, 4.69) is 5.43 Å². The van der Waals surface area contributed by atoms with E-state index in [-0.39, 0.29) is 11.8 Å². The number of thioether (sulfide) groups is 1. The van der Waals surface area contributed by atoms with E-state index < -0.39 is 0 Å². The number of aryl methyl sites for hydroxylation is 1. The van der Waals surface area contributed by atoms with Crippen LogP contribution in [-0.4, -0.2) is 28.3 Å². The molecule has 1 N–H and O–H groups in total. The Kier molecular flexibility index (Phi) is 7.41. The van der Waals surface area contributed by atoms with Crippen molar-refractivity contribution in [3.63, 3.8) is 0 Å². The lowest BCUT2D eigenvalue weighted by Crippen LogP contribution is -2.45. The van der Waals surface area contributed by atoms with E-state index in [4.69, 9.17) is 21.7 Å². The number of nitrogens with zero attached hydrogens (tertiary/aromatic N) is 1. The SMILES string of the molecule is COc1cc(C=C2SC(=S)N(NC(=O)c3csc4c3CCCC4)C2=O)ccc1OCc1ccccc1. The molecule has 0 atom stereocenters. The van der Waals surface area contributed by atoms with Gasteiger partial charge in [0.2, 0.25) is 0 Å². The third-order valence-electron chi connectivity index (χ3n) is 6.04. The normalized spacial score (nSPS) is 16.2. The van der Waals surface area contributed by atoms with Gasteiger partial charge in [-0.2, -0.15) is 5.01 Å². The Hall–Kier alpha value is -3.14. The number of ether oxygens (including phenoxy) is 2. The Bertz CT molecular complexity index is 1350. The first-order valence-electron chi connectivity index (χ1n) is 11.6. The van der Waals surface area contributed by atoms with E-state index in [9.17, 15) is 9.59 Å². The highest BCUT2D eigenvalue weighted by Crippen LogP contribution is 2.35. The highest BCUT2D eigenvalue weighted by atomic mass is 32.2. The molecule has 0 bridgehead atoms. The van der Waals surface area contributed by atoms with Gasteiger partial charge in [0.25, 0.3) is 11.8 Å². The number of benzene rings is 2. The molecule has 2 heterocycles. The van der Waals surface area contributed by atoms with Crippen molar-refractivity contribution in [1.29, 1.82) is 0 Å². The van der Waals surface area contributed by atoms with Crippen LogP contribution in [-0.2, 0) is 24.2 Å². The van der Waals surface area contributed by atoms with Crippen molar-refractivity contribution < 1.29 is 19.1 Å². The number of hydrazine groups is 1. The van der Waals surface area contributed by atoms with Crippen LogP contribution >= 0.6 is 35.3 Å². The van der Waals surface area contributed by atoms with E-state index in [0.717, 1.165) is 59.1 Å². The van der Waals surface area contributed by atoms with Gasteiger partial charge < -0.3 is 9.47 Å². The molecule has 1 aliphatic carbocycles. The Morgan fingerprint density at radius 1 is 1.14 bits per heavy atom. The molecule has 36 heavy (non-hydrogen) atoms. The molecule has 0 spiro atoms. The summed E-state index contributed by atoms with van der Waals surface area (Å²) in [6.45, 7) is 0.419. The zero-order chi connectivity index (χ0) is 25.1. The summed E-state index contributed by atoms with van der Waals surface area (Å²) >= 11 is 8.17. The highest BCUT2D eigenvalue weighted by molar-refractivity contribution is 8.26. The lowest BCUT2D eigenvalue weighted by Gasteiger charge is -2.17. The molecule has 2 aromatic carbocycles. The predicted octanol–water partition coefficient (Wildman–Crippen LogP) is 5.76. The average molecular weight is 537 g/mol. The molecule has 3 aromatic rings. The van der Waals surface area contributed by atoms with Gasteiger partial charge in [-0.3, -0.25) is 15.0 Å². The van der Waals surface area contributed by atoms with Crippen molar-refractivity contribution in [2.75, 3.05) is 7.11 Å². The Balaban J connectivity index is 1.28. The summed E-state index contributed by atoms with van der Waals surface area (Å²) in [5.74, 6) is 0.516. The maximum Gasteiger partial charge on any atom is 0.285 e. The number of methoxy groups -OCH3 is 1. The Morgan fingerprint density at radius 3 is 2.75 bits per heavy atom. The summed E-state index contributed by atoms with van der Waals surface area (Å²) in [5, 5.41) is 3.04. The fourth-order valence-electron chi connectivity index (χ4n) is 4.19. The minimum absolute atomic E-state index is 0.290. The lowest BCUT2D eigenvalue weighted by molar-refractivity contribution is -0.123. The number of rotatable bonds is 7. The van der Waals surface area contributed by atoms with E-state index >= 15 is 0 Å². The van der Waals surface area contributed by atoms with Gasteiger partial charge in [-0.25, -0.2) is 0 Å². The van der Waals surface area contributed by atoms with Crippen LogP contribution in [0.4, 0.5) is 0 Å². The number of fused-ring (bicyclic) bond motifs is 1. The second-order valence-corrected chi connectivity index (χ2v) is 11.0. The molecular weight excluding hydrogens is 513 g/mol. The fraction of sp³-hybridized carbons (Fsp3) is 0.222. The zero-order valence-electron chi connectivity index (χ0n) is 19.6. The topological polar surface area (TPSA) is 67.9 Å². The summed E-state index contributed by atoms with van der Waals surface area (Å²) in [7, 11) is 1.58. The van der Waals surface area contributed by atoms with Gasteiger partial charge in [-0.15, -0.1) is 11.3 Å². The van der Waals surface area contributed by atoms with Crippen molar-refractivity contribution >= 4 is 57.5 Å². The number of nitrogens with one attached hydrogen (secondary N) is 1. The molecule has 1 saturated heterocycles. The number of hydrogen-bond donors (Lipinski definition) is 1. The van der Waals surface area contributed by atoms with Crippen molar-refractivity contribution in [3.8, 4) is 11.5 Å². The van der Waals surface area contributed by atoms with Crippen molar-refractivity contribution in [2.24, 2.45) is 0 Å². The molecule has 2 aliphatic rings. The van der Waals surface area contributed by atoms with Crippen molar-refractivity contribution in [1.82, 2.24) is 10.4 Å². The standard InChI is InChI=1S/C27H24N2O4S3/c1-32-22-13-18(11-12-21(22)33-15-17-7-3-2-4-8-17)14-24-26(31)29(27(34)36-24)28-25(30)20-16-35-23-10-6-5-9-19(20)23/h2-4,7-8,11-14,16H,5-6,9-10,15H2,1H3,(H,28,30). The van der Waals surface area contributed by atoms with Gasteiger partial charge in [-0.05, 0) is 72.8 Å². The van der Waals surface area contributed by atoms with Gasteiger partial charge in [0.15, 0.2) is 15.8 Å². The summed E-state index contributed by atoms with van der Waals surface area (Å²) < 4.78 is 11.7. The highest BCUT2D eigenvalue weighted by Gasteiger charge is 2.34. The monoisotopic (exact) mass is 536 g/mol. The minimum atomic E-state index is -0.356. The number of carbonyl (C=O) groups is 2. The number of carbonyl (C=O) groups excluding carboxylic acids is 2. The molecule has 184 valence electrons. The first kappa shape index (κ1) is 24.5. The number of hydrogen-bond acceptors (Lipinski definition) is 7. The fourth-order valence-corrected chi connectivity index (χ4v) is 6.50. The smallest absolute Gasteiger partial charge is 0.285 e. The zero-order valence-corrected chi connectivity index (χ0v) is 22.1. The molecule has 9 heteroatoms. The van der Waals surface area contributed by atoms with E-state index in [0.29, 0.717) is 32.9 Å². The van der Waals surface area contributed by atoms with Crippen molar-refractivity contribution in [3.05, 3.63) is 85.9 Å². The van der Waals surface area contributed by atoms with Crippen LogP contribution < -0.4 is 14.9 Å². The van der Waals surface area contributed by atoms with E-state index in [1.807, 2.05) is 53.9 Å². The van der Waals surface area contributed by atoms with E-state index in [1.165, 1.54) is 4.88 Å². The lowest BCUT2D eigenvalue weighted by atomic mass is 9.96. The van der Waals surface area contributed by atoms with E-state index in [1.54, 1.807) is 24.5 Å². The number of thiocarbonyl (C=S) groups is 1. The van der Waals surface area contributed by atoms with Gasteiger partial charge in [0.1, 0.15) is 6.61 Å². The van der Waals surface area contributed by atoms with Gasteiger partial charge >= 0.3 is 0 Å². The van der Waals surface area contributed by atoms with Crippen LogP contribution in [0, 0.1) is 0 Å². The van der Waals surface area contributed by atoms with Crippen LogP contribution in [0.1, 0.15) is 44.8 Å². The second kappa shape index (κ2) is 10.9. The first-order valence-corrected chi connectivity index (χ1v) is 13.7. The Morgan fingerprint density at radius 2 is 1.94 bits per heavy atom. The maximum absolute atomic E-state index is 13.1. The summed E-state index contributed by atoms with van der Waals surface area (Å²) in [6.07, 6.45) is 5.87.